The van der Waals surface area contributed by atoms with Crippen LogP contribution in [0, 0.1) is 17.5 Å². The van der Waals surface area contributed by atoms with Crippen LogP contribution in [-0.2, 0) is 0 Å². The van der Waals surface area contributed by atoms with Crippen LogP contribution in [0.1, 0.15) is 17.2 Å². The van der Waals surface area contributed by atoms with Crippen molar-refractivity contribution in [3.8, 4) is 5.75 Å². The molecular formula is C14H13F3N2O. The minimum absolute atomic E-state index is 0.0274. The Morgan fingerprint density at radius 3 is 2.20 bits per heavy atom. The largest absolute Gasteiger partial charge is 0.494 e. The summed E-state index contributed by atoms with van der Waals surface area (Å²) < 4.78 is 44.8. The number of methoxy groups -OCH3 is 1. The van der Waals surface area contributed by atoms with Crippen LogP contribution in [0.15, 0.2) is 36.4 Å². The molecule has 0 saturated carbocycles. The summed E-state index contributed by atoms with van der Waals surface area (Å²) in [7, 11) is 1.33. The van der Waals surface area contributed by atoms with Crippen molar-refractivity contribution in [2.24, 2.45) is 5.84 Å². The Labute approximate surface area is 114 Å². The molecule has 2 aromatic carbocycles. The summed E-state index contributed by atoms with van der Waals surface area (Å²) in [5.74, 6) is 3.51. The summed E-state index contributed by atoms with van der Waals surface area (Å²) in [6.07, 6.45) is 0. The highest BCUT2D eigenvalue weighted by Gasteiger charge is 2.16. The zero-order chi connectivity index (χ0) is 14.7. The van der Waals surface area contributed by atoms with Gasteiger partial charge in [-0.3, -0.25) is 5.84 Å². The molecule has 2 aromatic rings. The average Bonchev–Trinajstić information content (AvgIpc) is 2.40. The Morgan fingerprint density at radius 1 is 1.00 bits per heavy atom. The molecule has 0 aliphatic carbocycles. The first kappa shape index (κ1) is 14.4. The van der Waals surface area contributed by atoms with E-state index in [0.29, 0.717) is 11.1 Å². The van der Waals surface area contributed by atoms with Crippen molar-refractivity contribution in [3.63, 3.8) is 0 Å². The van der Waals surface area contributed by atoms with Gasteiger partial charge >= 0.3 is 0 Å². The molecule has 0 radical (unpaired) electrons. The molecule has 0 aromatic heterocycles. The molecule has 3 nitrogen and oxygen atoms in total. The fraction of sp³-hybridized carbons (Fsp3) is 0.143. The molecule has 0 aliphatic heterocycles. The van der Waals surface area contributed by atoms with Crippen molar-refractivity contribution >= 4 is 0 Å². The van der Waals surface area contributed by atoms with Gasteiger partial charge in [0.1, 0.15) is 11.6 Å². The van der Waals surface area contributed by atoms with E-state index in [0.717, 1.165) is 18.2 Å². The monoisotopic (exact) mass is 282 g/mol. The third-order valence-electron chi connectivity index (χ3n) is 2.89. The van der Waals surface area contributed by atoms with Crippen LogP contribution in [0.2, 0.25) is 0 Å². The summed E-state index contributed by atoms with van der Waals surface area (Å²) in [6, 6.07) is 6.48. The molecule has 0 fully saturated rings. The Hall–Kier alpha value is -2.05. The maximum Gasteiger partial charge on any atom is 0.165 e. The first-order valence-corrected chi connectivity index (χ1v) is 5.80. The predicted molar refractivity (Wildman–Crippen MR) is 68.5 cm³/mol. The van der Waals surface area contributed by atoms with Gasteiger partial charge in [-0.05, 0) is 35.4 Å². The molecule has 1 atom stereocenters. The molecule has 0 amide bonds. The minimum atomic E-state index is -0.714. The number of hydrazine groups is 1. The van der Waals surface area contributed by atoms with E-state index in [2.05, 4.69) is 5.43 Å². The lowest BCUT2D eigenvalue weighted by Crippen LogP contribution is -2.29. The highest BCUT2D eigenvalue weighted by Crippen LogP contribution is 2.27. The van der Waals surface area contributed by atoms with Gasteiger partial charge in [0.2, 0.25) is 0 Å². The van der Waals surface area contributed by atoms with Gasteiger partial charge in [-0.1, -0.05) is 6.07 Å². The van der Waals surface area contributed by atoms with E-state index < -0.39 is 23.5 Å². The Kier molecular flexibility index (Phi) is 4.26. The van der Waals surface area contributed by atoms with Crippen molar-refractivity contribution in [3.05, 3.63) is 65.0 Å². The Balaban J connectivity index is 2.46. The summed E-state index contributed by atoms with van der Waals surface area (Å²) in [5.41, 5.74) is 3.26. The Morgan fingerprint density at radius 2 is 1.65 bits per heavy atom. The van der Waals surface area contributed by atoms with E-state index >= 15 is 0 Å². The number of hydrogen-bond donors (Lipinski definition) is 2. The summed E-state index contributed by atoms with van der Waals surface area (Å²) in [5, 5.41) is 0. The van der Waals surface area contributed by atoms with E-state index in [1.165, 1.54) is 25.3 Å². The standard InChI is InChI=1S/C14H13F3N2O/c1-20-13-6-8(2-3-12(13)17)14(19-18)9-4-10(15)7-11(16)5-9/h2-7,14,19H,18H2,1H3. The topological polar surface area (TPSA) is 47.3 Å². The lowest BCUT2D eigenvalue weighted by atomic mass is 9.98. The number of ether oxygens (including phenoxy) is 1. The second-order valence-corrected chi connectivity index (χ2v) is 4.20. The van der Waals surface area contributed by atoms with Crippen LogP contribution in [-0.4, -0.2) is 7.11 Å². The quantitative estimate of drug-likeness (QED) is 0.669. The van der Waals surface area contributed by atoms with E-state index in [1.54, 1.807) is 0 Å². The van der Waals surface area contributed by atoms with Gasteiger partial charge in [0.25, 0.3) is 0 Å². The van der Waals surface area contributed by atoms with Crippen molar-refractivity contribution in [1.82, 2.24) is 5.43 Å². The van der Waals surface area contributed by atoms with E-state index in [-0.39, 0.29) is 5.75 Å². The highest BCUT2D eigenvalue weighted by molar-refractivity contribution is 5.37. The Bertz CT molecular complexity index is 599. The minimum Gasteiger partial charge on any atom is -0.494 e. The lowest BCUT2D eigenvalue weighted by molar-refractivity contribution is 0.385. The summed E-state index contributed by atoms with van der Waals surface area (Å²) in [6.45, 7) is 0. The van der Waals surface area contributed by atoms with E-state index in [1.807, 2.05) is 0 Å². The SMILES string of the molecule is COc1cc(C(NN)c2cc(F)cc(F)c2)ccc1F. The fourth-order valence-electron chi connectivity index (χ4n) is 1.98. The number of rotatable bonds is 4. The predicted octanol–water partition coefficient (Wildman–Crippen LogP) is 2.67. The zero-order valence-corrected chi connectivity index (χ0v) is 10.7. The molecule has 1 unspecified atom stereocenters. The highest BCUT2D eigenvalue weighted by atomic mass is 19.1. The third kappa shape index (κ3) is 2.92. The molecule has 106 valence electrons. The van der Waals surface area contributed by atoms with E-state index in [9.17, 15) is 13.2 Å². The molecule has 0 heterocycles. The lowest BCUT2D eigenvalue weighted by Gasteiger charge is -2.18. The normalized spacial score (nSPS) is 12.2. The van der Waals surface area contributed by atoms with Crippen LogP contribution < -0.4 is 16.0 Å². The molecule has 2 rings (SSSR count). The molecule has 0 aliphatic rings. The number of nitrogens with one attached hydrogen (secondary N) is 1. The maximum atomic E-state index is 13.4. The van der Waals surface area contributed by atoms with Gasteiger partial charge in [-0.15, -0.1) is 0 Å². The van der Waals surface area contributed by atoms with Gasteiger partial charge in [-0.25, -0.2) is 18.6 Å². The van der Waals surface area contributed by atoms with Crippen molar-refractivity contribution < 1.29 is 17.9 Å². The maximum absolute atomic E-state index is 13.4. The molecule has 0 bridgehead atoms. The van der Waals surface area contributed by atoms with Crippen LogP contribution in [0.25, 0.3) is 0 Å². The van der Waals surface area contributed by atoms with Gasteiger partial charge in [0, 0.05) is 6.07 Å². The molecule has 3 N–H and O–H groups in total. The van der Waals surface area contributed by atoms with Crippen LogP contribution in [0.3, 0.4) is 0 Å². The van der Waals surface area contributed by atoms with Gasteiger partial charge in [0.05, 0.1) is 13.2 Å². The van der Waals surface area contributed by atoms with Crippen LogP contribution in [0.5, 0.6) is 5.75 Å². The van der Waals surface area contributed by atoms with E-state index in [4.69, 9.17) is 10.6 Å². The van der Waals surface area contributed by atoms with Crippen LogP contribution >= 0.6 is 0 Å². The second-order valence-electron chi connectivity index (χ2n) is 4.20. The average molecular weight is 282 g/mol. The van der Waals surface area contributed by atoms with Crippen molar-refractivity contribution in [2.45, 2.75) is 6.04 Å². The summed E-state index contributed by atoms with van der Waals surface area (Å²) >= 11 is 0. The number of hydrogen-bond acceptors (Lipinski definition) is 3. The molecule has 6 heteroatoms. The molecular weight excluding hydrogens is 269 g/mol. The smallest absolute Gasteiger partial charge is 0.165 e. The van der Waals surface area contributed by atoms with Gasteiger partial charge in [-0.2, -0.15) is 0 Å². The molecule has 20 heavy (non-hydrogen) atoms. The van der Waals surface area contributed by atoms with Gasteiger partial charge in [0.15, 0.2) is 11.6 Å². The first-order chi connectivity index (χ1) is 9.55. The number of nitrogens with two attached hydrogens (primary N) is 1. The number of halogens is 3. The first-order valence-electron chi connectivity index (χ1n) is 5.80. The second kappa shape index (κ2) is 5.94. The molecule has 0 spiro atoms. The number of benzene rings is 2. The van der Waals surface area contributed by atoms with Crippen LogP contribution in [0.4, 0.5) is 13.2 Å². The molecule has 0 saturated heterocycles. The zero-order valence-electron chi connectivity index (χ0n) is 10.7. The van der Waals surface area contributed by atoms with Crippen molar-refractivity contribution in [1.29, 1.82) is 0 Å². The summed E-state index contributed by atoms with van der Waals surface area (Å²) in [4.78, 5) is 0. The third-order valence-corrected chi connectivity index (χ3v) is 2.89. The fourth-order valence-corrected chi connectivity index (χ4v) is 1.98. The van der Waals surface area contributed by atoms with Crippen molar-refractivity contribution in [2.75, 3.05) is 7.11 Å². The van der Waals surface area contributed by atoms with Gasteiger partial charge < -0.3 is 4.74 Å².